The van der Waals surface area contributed by atoms with Crippen molar-refractivity contribution in [1.82, 2.24) is 18.6 Å². The first-order valence-corrected chi connectivity index (χ1v) is 7.07. The zero-order valence-electron chi connectivity index (χ0n) is 9.56. The number of hydrogen-bond acceptors (Lipinski definition) is 5. The van der Waals surface area contributed by atoms with Gasteiger partial charge in [-0.25, -0.2) is 14.3 Å². The van der Waals surface area contributed by atoms with E-state index < -0.39 is 16.3 Å². The second-order valence-corrected chi connectivity index (χ2v) is 6.17. The molecule has 2 aliphatic rings. The number of fused-ring (bicyclic) bond motifs is 1. The van der Waals surface area contributed by atoms with Gasteiger partial charge < -0.3 is 0 Å². The van der Waals surface area contributed by atoms with Gasteiger partial charge in [0.25, 0.3) is 5.91 Å². The van der Waals surface area contributed by atoms with Crippen molar-refractivity contribution in [3.05, 3.63) is 24.3 Å². The third kappa shape index (κ3) is 1.60. The number of aromatic nitrogens is 2. The molecule has 3 rings (SSSR count). The van der Waals surface area contributed by atoms with Gasteiger partial charge in [0, 0.05) is 24.5 Å². The van der Waals surface area contributed by atoms with Crippen LogP contribution in [0.25, 0.3) is 0 Å². The monoisotopic (exact) mass is 268 g/mol. The Hall–Kier alpha value is -1.54. The van der Waals surface area contributed by atoms with E-state index in [0.717, 1.165) is 10.7 Å². The number of carbonyl (C=O) groups is 1. The molecule has 0 spiro atoms. The Morgan fingerprint density at radius 3 is 2.72 bits per heavy atom. The Balaban J connectivity index is 1.91. The summed E-state index contributed by atoms with van der Waals surface area (Å²) in [5, 5.41) is 0. The highest BCUT2D eigenvalue weighted by Gasteiger charge is 2.52. The molecule has 2 saturated heterocycles. The summed E-state index contributed by atoms with van der Waals surface area (Å²) in [7, 11) is -3.65. The summed E-state index contributed by atoms with van der Waals surface area (Å²) in [5.74, 6) is -0.337. The molecule has 7 nitrogen and oxygen atoms in total. The molecular weight excluding hydrogens is 256 g/mol. The maximum atomic E-state index is 12.2. The molecule has 0 unspecified atom stereocenters. The first-order chi connectivity index (χ1) is 8.60. The molecule has 0 bridgehead atoms. The van der Waals surface area contributed by atoms with E-state index in [1.807, 2.05) is 0 Å². The molecule has 1 amide bonds. The molecule has 2 fully saturated rings. The van der Waals surface area contributed by atoms with E-state index in [2.05, 4.69) is 9.97 Å². The summed E-state index contributed by atoms with van der Waals surface area (Å²) in [6, 6.07) is -0.500. The molecule has 0 N–H and O–H groups in total. The van der Waals surface area contributed by atoms with E-state index in [1.54, 1.807) is 0 Å². The van der Waals surface area contributed by atoms with Gasteiger partial charge in [-0.2, -0.15) is 12.7 Å². The number of amides is 1. The van der Waals surface area contributed by atoms with Crippen LogP contribution >= 0.6 is 0 Å². The maximum Gasteiger partial charge on any atom is 0.307 e. The zero-order valence-corrected chi connectivity index (χ0v) is 10.4. The van der Waals surface area contributed by atoms with Crippen LogP contribution < -0.4 is 0 Å². The van der Waals surface area contributed by atoms with Crippen LogP contribution in [0, 0.1) is 0 Å². The topological polar surface area (TPSA) is 83.5 Å². The fraction of sp³-hybridized carbons (Fsp3) is 0.500. The van der Waals surface area contributed by atoms with Gasteiger partial charge >= 0.3 is 10.2 Å². The smallest absolute Gasteiger partial charge is 0.272 e. The predicted octanol–water partition coefficient (Wildman–Crippen LogP) is -0.472. The Bertz CT molecular complexity index is 574. The molecule has 1 aromatic rings. The van der Waals surface area contributed by atoms with Crippen LogP contribution in [0.15, 0.2) is 18.7 Å². The van der Waals surface area contributed by atoms with Crippen molar-refractivity contribution >= 4 is 16.1 Å². The second-order valence-electron chi connectivity index (χ2n) is 4.37. The lowest BCUT2D eigenvalue weighted by atomic mass is 10.2. The van der Waals surface area contributed by atoms with Crippen LogP contribution in [0.5, 0.6) is 0 Å². The van der Waals surface area contributed by atoms with E-state index in [1.165, 1.54) is 23.0 Å². The van der Waals surface area contributed by atoms with E-state index in [9.17, 15) is 13.2 Å². The third-order valence-corrected chi connectivity index (χ3v) is 5.15. The first kappa shape index (κ1) is 11.5. The van der Waals surface area contributed by atoms with Gasteiger partial charge in [0.15, 0.2) is 0 Å². The summed E-state index contributed by atoms with van der Waals surface area (Å²) < 4.78 is 26.6. The van der Waals surface area contributed by atoms with Gasteiger partial charge in [-0.1, -0.05) is 0 Å². The fourth-order valence-electron chi connectivity index (χ4n) is 2.41. The molecule has 96 valence electrons. The van der Waals surface area contributed by atoms with Crippen molar-refractivity contribution in [2.24, 2.45) is 0 Å². The molecule has 18 heavy (non-hydrogen) atoms. The molecule has 0 radical (unpaired) electrons. The van der Waals surface area contributed by atoms with Crippen molar-refractivity contribution in [3.8, 4) is 0 Å². The van der Waals surface area contributed by atoms with Crippen molar-refractivity contribution in [3.63, 3.8) is 0 Å². The highest BCUT2D eigenvalue weighted by molar-refractivity contribution is 7.87. The second kappa shape index (κ2) is 3.99. The minimum absolute atomic E-state index is 0.00894. The van der Waals surface area contributed by atoms with E-state index in [0.29, 0.717) is 18.5 Å². The Morgan fingerprint density at radius 2 is 2.06 bits per heavy atom. The Labute approximate surface area is 105 Å². The quantitative estimate of drug-likeness (QED) is 0.724. The van der Waals surface area contributed by atoms with E-state index in [4.69, 9.17) is 0 Å². The first-order valence-electron chi connectivity index (χ1n) is 5.68. The molecule has 8 heteroatoms. The largest absolute Gasteiger partial charge is 0.307 e. The standard InChI is InChI=1S/C10H12N4O3S/c15-10-9-2-1-3-13(9)18(16,17)14(10)6-8-4-11-7-12-5-8/h4-5,7,9H,1-3,6H2/t9-/m0/s1. The Kier molecular flexibility index (Phi) is 2.56. The third-order valence-electron chi connectivity index (χ3n) is 3.25. The number of rotatable bonds is 2. The molecule has 2 aliphatic heterocycles. The van der Waals surface area contributed by atoms with Crippen molar-refractivity contribution in [2.45, 2.75) is 25.4 Å². The molecule has 0 aliphatic carbocycles. The average molecular weight is 268 g/mol. The lowest BCUT2D eigenvalue weighted by Gasteiger charge is -2.16. The van der Waals surface area contributed by atoms with Gasteiger partial charge in [-0.05, 0) is 12.8 Å². The minimum Gasteiger partial charge on any atom is -0.272 e. The van der Waals surface area contributed by atoms with Crippen LogP contribution in [-0.2, 0) is 21.5 Å². The number of hydrogen-bond donors (Lipinski definition) is 0. The van der Waals surface area contributed by atoms with E-state index in [-0.39, 0.29) is 12.5 Å². The van der Waals surface area contributed by atoms with Gasteiger partial charge in [0.1, 0.15) is 12.4 Å². The molecule has 0 aromatic carbocycles. The minimum atomic E-state index is -3.65. The zero-order chi connectivity index (χ0) is 12.8. The van der Waals surface area contributed by atoms with Crippen LogP contribution in [0.4, 0.5) is 0 Å². The lowest BCUT2D eigenvalue weighted by molar-refractivity contribution is -0.127. The Morgan fingerprint density at radius 1 is 1.33 bits per heavy atom. The molecule has 1 atom stereocenters. The summed E-state index contributed by atoms with van der Waals surface area (Å²) in [6.45, 7) is 0.440. The summed E-state index contributed by atoms with van der Waals surface area (Å²) in [5.41, 5.74) is 0.607. The average Bonchev–Trinajstić information content (AvgIpc) is 2.91. The van der Waals surface area contributed by atoms with Crippen LogP contribution in [-0.4, -0.2) is 45.5 Å². The van der Waals surface area contributed by atoms with Gasteiger partial charge in [-0.15, -0.1) is 0 Å². The molecule has 1 aromatic heterocycles. The highest BCUT2D eigenvalue weighted by Crippen LogP contribution is 2.32. The van der Waals surface area contributed by atoms with Gasteiger partial charge in [0.05, 0.1) is 6.54 Å². The van der Waals surface area contributed by atoms with Crippen molar-refractivity contribution < 1.29 is 13.2 Å². The normalized spacial score (nSPS) is 26.6. The van der Waals surface area contributed by atoms with Crippen LogP contribution in [0.3, 0.4) is 0 Å². The summed E-state index contributed by atoms with van der Waals surface area (Å²) in [6.07, 6.45) is 5.75. The fourth-order valence-corrected chi connectivity index (χ4v) is 4.20. The van der Waals surface area contributed by atoms with Gasteiger partial charge in [0.2, 0.25) is 0 Å². The predicted molar refractivity (Wildman–Crippen MR) is 61.2 cm³/mol. The maximum absolute atomic E-state index is 12.2. The molecule has 3 heterocycles. The molecule has 0 saturated carbocycles. The lowest BCUT2D eigenvalue weighted by Crippen LogP contribution is -2.33. The van der Waals surface area contributed by atoms with Crippen molar-refractivity contribution in [2.75, 3.05) is 6.54 Å². The number of carbonyl (C=O) groups excluding carboxylic acids is 1. The summed E-state index contributed by atoms with van der Waals surface area (Å²) in [4.78, 5) is 19.7. The summed E-state index contributed by atoms with van der Waals surface area (Å²) >= 11 is 0. The van der Waals surface area contributed by atoms with Gasteiger partial charge in [-0.3, -0.25) is 4.79 Å². The SMILES string of the molecule is O=C1[C@@H]2CCCN2S(=O)(=O)N1Cc1cncnc1. The molecular formula is C10H12N4O3S. The van der Waals surface area contributed by atoms with E-state index >= 15 is 0 Å². The van der Waals surface area contributed by atoms with Crippen LogP contribution in [0.1, 0.15) is 18.4 Å². The van der Waals surface area contributed by atoms with Crippen LogP contribution in [0.2, 0.25) is 0 Å². The van der Waals surface area contributed by atoms with Crippen molar-refractivity contribution in [1.29, 1.82) is 0 Å². The highest BCUT2D eigenvalue weighted by atomic mass is 32.2. The number of nitrogens with zero attached hydrogens (tertiary/aromatic N) is 4.